The molecule has 0 aromatic heterocycles. The maximum absolute atomic E-state index is 11.9. The lowest BCUT2D eigenvalue weighted by atomic mass is 9.89. The Morgan fingerprint density at radius 1 is 1.10 bits per heavy atom. The van der Waals surface area contributed by atoms with Crippen LogP contribution >= 0.6 is 0 Å². The minimum atomic E-state index is -3.93. The summed E-state index contributed by atoms with van der Waals surface area (Å²) in [6.45, 7) is 0. The summed E-state index contributed by atoms with van der Waals surface area (Å²) < 4.78 is 40.3. The number of hydrogen-bond acceptors (Lipinski definition) is 2. The molecule has 0 saturated heterocycles. The van der Waals surface area contributed by atoms with Crippen LogP contribution < -0.4 is 0 Å². The molecule has 112 valence electrons. The van der Waals surface area contributed by atoms with E-state index in [1.54, 1.807) is 24.3 Å². The van der Waals surface area contributed by atoms with Crippen LogP contribution in [0.25, 0.3) is 0 Å². The first-order chi connectivity index (χ1) is 9.45. The maximum atomic E-state index is 11.9. The fourth-order valence-corrected chi connectivity index (χ4v) is 2.12. The topological polar surface area (TPSA) is 26.3 Å². The summed E-state index contributed by atoms with van der Waals surface area (Å²) in [6, 6.07) is 8.88. The van der Waals surface area contributed by atoms with Crippen molar-refractivity contribution in [2.24, 2.45) is 5.92 Å². The van der Waals surface area contributed by atoms with E-state index >= 15 is 0 Å². The SMILES string of the molecule is COC(=O)c1ccccc1.FC(F)(F)C1CCCCC1. The quantitative estimate of drug-likeness (QED) is 0.706. The molecular weight excluding hydrogens is 269 g/mol. The van der Waals surface area contributed by atoms with Crippen LogP contribution in [0.1, 0.15) is 42.5 Å². The Balaban J connectivity index is 0.000000200. The van der Waals surface area contributed by atoms with Crippen molar-refractivity contribution in [1.82, 2.24) is 0 Å². The second kappa shape index (κ2) is 7.92. The highest BCUT2D eigenvalue weighted by Crippen LogP contribution is 2.37. The molecule has 2 rings (SSSR count). The van der Waals surface area contributed by atoms with Crippen molar-refractivity contribution in [3.05, 3.63) is 35.9 Å². The van der Waals surface area contributed by atoms with Crippen LogP contribution in [0.15, 0.2) is 30.3 Å². The summed E-state index contributed by atoms with van der Waals surface area (Å²) >= 11 is 0. The van der Waals surface area contributed by atoms with Crippen LogP contribution in [0.2, 0.25) is 0 Å². The first-order valence-corrected chi connectivity index (χ1v) is 6.65. The van der Waals surface area contributed by atoms with Crippen LogP contribution in [0.3, 0.4) is 0 Å². The number of rotatable bonds is 1. The average Bonchev–Trinajstić information content (AvgIpc) is 2.48. The lowest BCUT2D eigenvalue weighted by Gasteiger charge is -2.23. The van der Waals surface area contributed by atoms with E-state index in [4.69, 9.17) is 0 Å². The lowest BCUT2D eigenvalue weighted by Crippen LogP contribution is -2.24. The minimum Gasteiger partial charge on any atom is -0.465 e. The molecule has 0 aliphatic heterocycles. The minimum absolute atomic E-state index is 0.291. The van der Waals surface area contributed by atoms with Crippen LogP contribution in [0.4, 0.5) is 13.2 Å². The van der Waals surface area contributed by atoms with Gasteiger partial charge in [-0.15, -0.1) is 0 Å². The fraction of sp³-hybridized carbons (Fsp3) is 0.533. The van der Waals surface area contributed by atoms with Gasteiger partial charge in [-0.1, -0.05) is 37.5 Å². The number of methoxy groups -OCH3 is 1. The highest BCUT2D eigenvalue weighted by atomic mass is 19.4. The van der Waals surface area contributed by atoms with Gasteiger partial charge in [0.25, 0.3) is 0 Å². The van der Waals surface area contributed by atoms with Gasteiger partial charge in [0.1, 0.15) is 0 Å². The molecule has 0 unspecified atom stereocenters. The van der Waals surface area contributed by atoms with Gasteiger partial charge in [0.2, 0.25) is 0 Å². The predicted octanol–water partition coefficient (Wildman–Crippen LogP) is 4.60. The zero-order valence-corrected chi connectivity index (χ0v) is 11.5. The summed E-state index contributed by atoms with van der Waals surface area (Å²) in [5.74, 6) is -1.29. The molecule has 2 nitrogen and oxygen atoms in total. The van der Waals surface area contributed by atoms with E-state index in [1.807, 2.05) is 6.07 Å². The number of benzene rings is 1. The summed E-state index contributed by atoms with van der Waals surface area (Å²) in [7, 11) is 1.37. The monoisotopic (exact) mass is 288 g/mol. The molecular formula is C15H19F3O2. The number of alkyl halides is 3. The molecule has 0 radical (unpaired) electrons. The van der Waals surface area contributed by atoms with E-state index in [0.717, 1.165) is 19.3 Å². The number of ether oxygens (including phenoxy) is 1. The van der Waals surface area contributed by atoms with E-state index in [-0.39, 0.29) is 5.97 Å². The standard InChI is InChI=1S/C8H8O2.C7H11F3/c1-10-8(9)7-5-3-2-4-6-7;8-7(9,10)6-4-2-1-3-5-6/h2-6H,1H3;6H,1-5H2. The maximum Gasteiger partial charge on any atom is 0.391 e. The molecule has 1 aliphatic carbocycles. The first-order valence-electron chi connectivity index (χ1n) is 6.65. The molecule has 0 atom stereocenters. The van der Waals surface area contributed by atoms with Crippen molar-refractivity contribution in [3.63, 3.8) is 0 Å². The van der Waals surface area contributed by atoms with E-state index < -0.39 is 12.1 Å². The zero-order valence-electron chi connectivity index (χ0n) is 11.5. The van der Waals surface area contributed by atoms with Gasteiger partial charge in [-0.25, -0.2) is 4.79 Å². The van der Waals surface area contributed by atoms with E-state index in [1.165, 1.54) is 7.11 Å². The van der Waals surface area contributed by atoms with Crippen LogP contribution in [0.5, 0.6) is 0 Å². The molecule has 0 heterocycles. The highest BCUT2D eigenvalue weighted by Gasteiger charge is 2.39. The Kier molecular flexibility index (Phi) is 6.55. The van der Waals surface area contributed by atoms with Crippen molar-refractivity contribution in [2.75, 3.05) is 7.11 Å². The third-order valence-corrected chi connectivity index (χ3v) is 3.26. The Hall–Kier alpha value is -1.52. The number of hydrogen-bond donors (Lipinski definition) is 0. The van der Waals surface area contributed by atoms with Gasteiger partial charge in [-0.2, -0.15) is 13.2 Å². The van der Waals surface area contributed by atoms with Gasteiger partial charge in [0.15, 0.2) is 0 Å². The average molecular weight is 288 g/mol. The Labute approximate surface area is 116 Å². The Morgan fingerprint density at radius 2 is 1.65 bits per heavy atom. The molecule has 1 aliphatic rings. The summed E-state index contributed by atoms with van der Waals surface area (Å²) in [4.78, 5) is 10.8. The van der Waals surface area contributed by atoms with Gasteiger partial charge in [0, 0.05) is 0 Å². The van der Waals surface area contributed by atoms with Gasteiger partial charge in [-0.05, 0) is 25.0 Å². The van der Waals surface area contributed by atoms with Crippen LogP contribution in [0, 0.1) is 5.92 Å². The Bertz CT molecular complexity index is 395. The zero-order chi connectivity index (χ0) is 15.0. The molecule has 0 amide bonds. The molecule has 0 spiro atoms. The number of halogens is 3. The van der Waals surface area contributed by atoms with Crippen LogP contribution in [-0.2, 0) is 4.74 Å². The fourth-order valence-electron chi connectivity index (χ4n) is 2.12. The van der Waals surface area contributed by atoms with Gasteiger partial charge in [0.05, 0.1) is 18.6 Å². The Morgan fingerprint density at radius 3 is 2.05 bits per heavy atom. The smallest absolute Gasteiger partial charge is 0.391 e. The van der Waals surface area contributed by atoms with Crippen molar-refractivity contribution in [1.29, 1.82) is 0 Å². The molecule has 1 aromatic rings. The van der Waals surface area contributed by atoms with E-state index in [9.17, 15) is 18.0 Å². The molecule has 1 saturated carbocycles. The molecule has 1 aromatic carbocycles. The van der Waals surface area contributed by atoms with Crippen LogP contribution in [-0.4, -0.2) is 19.3 Å². The third kappa shape index (κ3) is 5.63. The summed E-state index contributed by atoms with van der Waals surface area (Å²) in [5, 5.41) is 0. The second-order valence-electron chi connectivity index (χ2n) is 4.73. The van der Waals surface area contributed by atoms with Crippen molar-refractivity contribution >= 4 is 5.97 Å². The second-order valence-corrected chi connectivity index (χ2v) is 4.73. The summed E-state index contributed by atoms with van der Waals surface area (Å²) in [6.07, 6.45) is -0.742. The first kappa shape index (κ1) is 16.5. The normalized spacial score (nSPS) is 16.0. The number of carbonyl (C=O) groups is 1. The third-order valence-electron chi connectivity index (χ3n) is 3.26. The largest absolute Gasteiger partial charge is 0.465 e. The van der Waals surface area contributed by atoms with Gasteiger partial charge in [-0.3, -0.25) is 0 Å². The molecule has 0 bridgehead atoms. The van der Waals surface area contributed by atoms with E-state index in [0.29, 0.717) is 18.4 Å². The highest BCUT2D eigenvalue weighted by molar-refractivity contribution is 5.89. The molecule has 1 fully saturated rings. The van der Waals surface area contributed by atoms with Crippen molar-refractivity contribution < 1.29 is 22.7 Å². The number of esters is 1. The van der Waals surface area contributed by atoms with E-state index in [2.05, 4.69) is 4.74 Å². The predicted molar refractivity (Wildman–Crippen MR) is 70.4 cm³/mol. The van der Waals surface area contributed by atoms with Gasteiger partial charge < -0.3 is 4.74 Å². The molecule has 0 N–H and O–H groups in total. The lowest BCUT2D eigenvalue weighted by molar-refractivity contribution is -0.181. The van der Waals surface area contributed by atoms with Crippen molar-refractivity contribution in [3.8, 4) is 0 Å². The summed E-state index contributed by atoms with van der Waals surface area (Å²) in [5.41, 5.74) is 0.588. The van der Waals surface area contributed by atoms with Gasteiger partial charge >= 0.3 is 12.1 Å². The molecule has 5 heteroatoms. The van der Waals surface area contributed by atoms with Crippen molar-refractivity contribution in [2.45, 2.75) is 38.3 Å². The number of carbonyl (C=O) groups excluding carboxylic acids is 1. The molecule has 20 heavy (non-hydrogen) atoms.